The summed E-state index contributed by atoms with van der Waals surface area (Å²) in [6.45, 7) is 7.07. The molecule has 3 amide bonds. The van der Waals surface area contributed by atoms with Crippen LogP contribution in [0, 0.1) is 0 Å². The summed E-state index contributed by atoms with van der Waals surface area (Å²) in [6.07, 6.45) is 1.51. The van der Waals surface area contributed by atoms with Gasteiger partial charge in [-0.2, -0.15) is 0 Å². The number of amides is 3. The van der Waals surface area contributed by atoms with Crippen LogP contribution in [0.15, 0.2) is 24.3 Å². The number of rotatable bonds is 4. The SMILES string of the molecule is CC(=O)N1CCN(C(=O)C(C)Oc2ccc(C(=O)N3CCCC3)cc2)CC1. The predicted octanol–water partition coefficient (Wildman–Crippen LogP) is 1.38. The second kappa shape index (κ2) is 8.41. The molecule has 7 nitrogen and oxygen atoms in total. The molecule has 0 aromatic heterocycles. The topological polar surface area (TPSA) is 70.2 Å². The third-order valence-electron chi connectivity index (χ3n) is 5.19. The van der Waals surface area contributed by atoms with Gasteiger partial charge in [0.1, 0.15) is 5.75 Å². The molecule has 2 saturated heterocycles. The van der Waals surface area contributed by atoms with Crippen LogP contribution in [0.1, 0.15) is 37.0 Å². The Hall–Kier alpha value is -2.57. The molecular formula is C20H27N3O4. The van der Waals surface area contributed by atoms with E-state index < -0.39 is 6.10 Å². The molecule has 2 aliphatic rings. The van der Waals surface area contributed by atoms with Crippen molar-refractivity contribution >= 4 is 17.7 Å². The molecule has 2 aliphatic heterocycles. The molecule has 0 radical (unpaired) electrons. The van der Waals surface area contributed by atoms with E-state index in [4.69, 9.17) is 4.74 Å². The molecule has 0 N–H and O–H groups in total. The van der Waals surface area contributed by atoms with Crippen LogP contribution in [-0.2, 0) is 9.59 Å². The van der Waals surface area contributed by atoms with E-state index in [0.29, 0.717) is 37.5 Å². The lowest BCUT2D eigenvalue weighted by Crippen LogP contribution is -2.52. The maximum atomic E-state index is 12.6. The molecule has 27 heavy (non-hydrogen) atoms. The minimum Gasteiger partial charge on any atom is -0.481 e. The first-order valence-corrected chi connectivity index (χ1v) is 9.56. The van der Waals surface area contributed by atoms with E-state index in [2.05, 4.69) is 0 Å². The summed E-state index contributed by atoms with van der Waals surface area (Å²) in [5.74, 6) is 0.563. The van der Waals surface area contributed by atoms with Crippen molar-refractivity contribution in [3.63, 3.8) is 0 Å². The number of benzene rings is 1. The fourth-order valence-electron chi connectivity index (χ4n) is 3.53. The van der Waals surface area contributed by atoms with Gasteiger partial charge in [-0.3, -0.25) is 14.4 Å². The van der Waals surface area contributed by atoms with Crippen LogP contribution in [0.2, 0.25) is 0 Å². The maximum absolute atomic E-state index is 12.6. The highest BCUT2D eigenvalue weighted by molar-refractivity contribution is 5.94. The quantitative estimate of drug-likeness (QED) is 0.800. The zero-order valence-corrected chi connectivity index (χ0v) is 16.0. The first-order valence-electron chi connectivity index (χ1n) is 9.56. The molecule has 1 aromatic carbocycles. The van der Waals surface area contributed by atoms with Crippen molar-refractivity contribution < 1.29 is 19.1 Å². The lowest BCUT2D eigenvalue weighted by atomic mass is 10.2. The van der Waals surface area contributed by atoms with Gasteiger partial charge in [-0.25, -0.2) is 0 Å². The molecule has 1 unspecified atom stereocenters. The van der Waals surface area contributed by atoms with Crippen LogP contribution in [-0.4, -0.2) is 77.8 Å². The van der Waals surface area contributed by atoms with Crippen molar-refractivity contribution in [3.05, 3.63) is 29.8 Å². The molecule has 2 heterocycles. The molecule has 146 valence electrons. The standard InChI is InChI=1S/C20H27N3O4/c1-15(19(25)23-13-11-21(12-14-23)16(2)24)27-18-7-5-17(6-8-18)20(26)22-9-3-4-10-22/h5-8,15H,3-4,9-14H2,1-2H3. The molecule has 0 spiro atoms. The molecule has 1 atom stereocenters. The monoisotopic (exact) mass is 373 g/mol. The molecular weight excluding hydrogens is 346 g/mol. The van der Waals surface area contributed by atoms with E-state index in [9.17, 15) is 14.4 Å². The minimum atomic E-state index is -0.617. The summed E-state index contributed by atoms with van der Waals surface area (Å²) < 4.78 is 5.77. The van der Waals surface area contributed by atoms with Crippen LogP contribution < -0.4 is 4.74 Å². The Balaban J connectivity index is 1.53. The predicted molar refractivity (Wildman–Crippen MR) is 101 cm³/mol. The molecule has 1 aromatic rings. The van der Waals surface area contributed by atoms with Crippen LogP contribution in [0.5, 0.6) is 5.75 Å². The zero-order valence-electron chi connectivity index (χ0n) is 16.0. The highest BCUT2D eigenvalue weighted by Gasteiger charge is 2.27. The van der Waals surface area contributed by atoms with E-state index in [1.54, 1.807) is 47.9 Å². The summed E-state index contributed by atoms with van der Waals surface area (Å²) in [4.78, 5) is 41.6. The highest BCUT2D eigenvalue weighted by atomic mass is 16.5. The third kappa shape index (κ3) is 4.59. The van der Waals surface area contributed by atoms with Gasteiger partial charge in [0.2, 0.25) is 5.91 Å². The maximum Gasteiger partial charge on any atom is 0.263 e. The first-order chi connectivity index (χ1) is 13.0. The molecule has 3 rings (SSSR count). The van der Waals surface area contributed by atoms with Crippen molar-refractivity contribution in [1.29, 1.82) is 0 Å². The van der Waals surface area contributed by atoms with Gasteiger partial charge >= 0.3 is 0 Å². The number of piperazine rings is 1. The number of nitrogens with zero attached hydrogens (tertiary/aromatic N) is 3. The summed E-state index contributed by atoms with van der Waals surface area (Å²) >= 11 is 0. The van der Waals surface area contributed by atoms with Crippen LogP contribution in [0.4, 0.5) is 0 Å². The molecule has 0 aliphatic carbocycles. The molecule has 7 heteroatoms. The lowest BCUT2D eigenvalue weighted by molar-refractivity contribution is -0.143. The van der Waals surface area contributed by atoms with Gasteiger partial charge < -0.3 is 19.4 Å². The largest absolute Gasteiger partial charge is 0.481 e. The van der Waals surface area contributed by atoms with Crippen molar-refractivity contribution in [2.45, 2.75) is 32.8 Å². The Labute approximate surface area is 159 Å². The smallest absolute Gasteiger partial charge is 0.263 e. The molecule has 2 fully saturated rings. The Bertz CT molecular complexity index is 690. The second-order valence-corrected chi connectivity index (χ2v) is 7.12. The number of carbonyl (C=O) groups excluding carboxylic acids is 3. The van der Waals surface area contributed by atoms with Crippen molar-refractivity contribution in [3.8, 4) is 5.75 Å². The number of hydrogen-bond acceptors (Lipinski definition) is 4. The van der Waals surface area contributed by atoms with Crippen molar-refractivity contribution in [2.75, 3.05) is 39.3 Å². The number of ether oxygens (including phenoxy) is 1. The van der Waals surface area contributed by atoms with Gasteiger partial charge in [0.15, 0.2) is 6.10 Å². The number of likely N-dealkylation sites (tertiary alicyclic amines) is 1. The average molecular weight is 373 g/mol. The van der Waals surface area contributed by atoms with E-state index in [-0.39, 0.29) is 17.7 Å². The molecule has 0 saturated carbocycles. The number of hydrogen-bond donors (Lipinski definition) is 0. The van der Waals surface area contributed by atoms with Gasteiger partial charge in [0.05, 0.1) is 0 Å². The van der Waals surface area contributed by atoms with E-state index >= 15 is 0 Å². The van der Waals surface area contributed by atoms with Crippen LogP contribution in [0.25, 0.3) is 0 Å². The van der Waals surface area contributed by atoms with Crippen LogP contribution in [0.3, 0.4) is 0 Å². The average Bonchev–Trinajstić information content (AvgIpc) is 3.22. The van der Waals surface area contributed by atoms with Crippen LogP contribution >= 0.6 is 0 Å². The summed E-state index contributed by atoms with van der Waals surface area (Å²) in [5, 5.41) is 0. The Morgan fingerprint density at radius 2 is 1.41 bits per heavy atom. The van der Waals surface area contributed by atoms with E-state index in [0.717, 1.165) is 25.9 Å². The lowest BCUT2D eigenvalue weighted by Gasteiger charge is -2.35. The second-order valence-electron chi connectivity index (χ2n) is 7.12. The number of carbonyl (C=O) groups is 3. The van der Waals surface area contributed by atoms with Gasteiger partial charge in [-0.1, -0.05) is 0 Å². The van der Waals surface area contributed by atoms with Gasteiger partial charge in [0.25, 0.3) is 11.8 Å². The van der Waals surface area contributed by atoms with Gasteiger partial charge in [-0.05, 0) is 44.0 Å². The van der Waals surface area contributed by atoms with Crippen molar-refractivity contribution in [1.82, 2.24) is 14.7 Å². The zero-order chi connectivity index (χ0) is 19.4. The summed E-state index contributed by atoms with van der Waals surface area (Å²) in [6, 6.07) is 6.97. The minimum absolute atomic E-state index is 0.0370. The first kappa shape index (κ1) is 19.2. The third-order valence-corrected chi connectivity index (χ3v) is 5.19. The Morgan fingerprint density at radius 1 is 0.852 bits per heavy atom. The summed E-state index contributed by atoms with van der Waals surface area (Å²) in [5.41, 5.74) is 0.642. The van der Waals surface area contributed by atoms with Gasteiger partial charge in [0, 0.05) is 51.8 Å². The molecule has 0 bridgehead atoms. The Kier molecular flexibility index (Phi) is 5.98. The fraction of sp³-hybridized carbons (Fsp3) is 0.550. The van der Waals surface area contributed by atoms with E-state index in [1.165, 1.54) is 0 Å². The highest BCUT2D eigenvalue weighted by Crippen LogP contribution is 2.18. The van der Waals surface area contributed by atoms with Gasteiger partial charge in [-0.15, -0.1) is 0 Å². The normalized spacial score (nSPS) is 18.4. The fourth-order valence-corrected chi connectivity index (χ4v) is 3.53. The van der Waals surface area contributed by atoms with Crippen molar-refractivity contribution in [2.24, 2.45) is 0 Å². The van der Waals surface area contributed by atoms with E-state index in [1.807, 2.05) is 4.90 Å². The summed E-state index contributed by atoms with van der Waals surface area (Å²) in [7, 11) is 0. The Morgan fingerprint density at radius 3 is 1.96 bits per heavy atom.